The fourth-order valence-electron chi connectivity index (χ4n) is 2.89. The first-order chi connectivity index (χ1) is 9.60. The van der Waals surface area contributed by atoms with Crippen molar-refractivity contribution < 1.29 is 4.92 Å². The standard InChI is InChI=1S/C13H23N5O2/c1-4-8-16(11-6-7-14-9-11)13-12(18(19)20)10(3)15-17(13)5-2/h11,14H,4-9H2,1-3H3. The van der Waals surface area contributed by atoms with Gasteiger partial charge in [-0.3, -0.25) is 10.1 Å². The first kappa shape index (κ1) is 14.8. The van der Waals surface area contributed by atoms with Gasteiger partial charge in [0.15, 0.2) is 0 Å². The maximum atomic E-state index is 11.4. The van der Waals surface area contributed by atoms with Crippen LogP contribution < -0.4 is 10.2 Å². The molecule has 2 rings (SSSR count). The van der Waals surface area contributed by atoms with Crippen molar-refractivity contribution in [2.75, 3.05) is 24.5 Å². The smallest absolute Gasteiger partial charge is 0.333 e. The van der Waals surface area contributed by atoms with E-state index < -0.39 is 0 Å². The highest BCUT2D eigenvalue weighted by atomic mass is 16.6. The summed E-state index contributed by atoms with van der Waals surface area (Å²) in [4.78, 5) is 13.3. The van der Waals surface area contributed by atoms with Crippen molar-refractivity contribution in [2.45, 2.75) is 46.2 Å². The predicted octanol–water partition coefficient (Wildman–Crippen LogP) is 1.70. The zero-order valence-corrected chi connectivity index (χ0v) is 12.4. The quantitative estimate of drug-likeness (QED) is 0.634. The van der Waals surface area contributed by atoms with Gasteiger partial charge in [-0.25, -0.2) is 4.68 Å². The lowest BCUT2D eigenvalue weighted by molar-refractivity contribution is -0.384. The highest BCUT2D eigenvalue weighted by Crippen LogP contribution is 2.33. The molecule has 1 fully saturated rings. The zero-order chi connectivity index (χ0) is 14.7. The van der Waals surface area contributed by atoms with Crippen LogP contribution in [0.15, 0.2) is 0 Å². The number of anilines is 1. The molecule has 0 spiro atoms. The Labute approximate surface area is 119 Å². The van der Waals surface area contributed by atoms with Crippen LogP contribution in [0.4, 0.5) is 11.5 Å². The molecule has 0 amide bonds. The molecule has 112 valence electrons. The van der Waals surface area contributed by atoms with Crippen LogP contribution >= 0.6 is 0 Å². The number of nitrogens with one attached hydrogen (secondary N) is 1. The molecule has 2 heterocycles. The summed E-state index contributed by atoms with van der Waals surface area (Å²) in [6, 6.07) is 0.315. The largest absolute Gasteiger partial charge is 0.347 e. The minimum atomic E-state index is -0.297. The average Bonchev–Trinajstić information content (AvgIpc) is 3.03. The lowest BCUT2D eigenvalue weighted by atomic mass is 10.2. The Morgan fingerprint density at radius 2 is 2.30 bits per heavy atom. The number of nitro groups is 1. The molecule has 1 aliphatic heterocycles. The van der Waals surface area contributed by atoms with Gasteiger partial charge >= 0.3 is 5.69 Å². The van der Waals surface area contributed by atoms with E-state index in [1.807, 2.05) is 6.92 Å². The Hall–Kier alpha value is -1.63. The summed E-state index contributed by atoms with van der Waals surface area (Å²) in [5.41, 5.74) is 0.658. The van der Waals surface area contributed by atoms with Crippen LogP contribution in [0.1, 0.15) is 32.4 Å². The Balaban J connectivity index is 2.47. The van der Waals surface area contributed by atoms with Crippen molar-refractivity contribution in [1.82, 2.24) is 15.1 Å². The summed E-state index contributed by atoms with van der Waals surface area (Å²) in [5, 5.41) is 19.1. The van der Waals surface area contributed by atoms with Crippen LogP contribution in [-0.2, 0) is 6.54 Å². The van der Waals surface area contributed by atoms with E-state index in [2.05, 4.69) is 22.2 Å². The molecule has 1 aliphatic rings. The van der Waals surface area contributed by atoms with E-state index in [4.69, 9.17) is 0 Å². The third-order valence-corrected chi connectivity index (χ3v) is 3.76. The number of aryl methyl sites for hydroxylation is 2. The highest BCUT2D eigenvalue weighted by Gasteiger charge is 2.33. The highest BCUT2D eigenvalue weighted by molar-refractivity contribution is 5.62. The minimum absolute atomic E-state index is 0.159. The molecule has 20 heavy (non-hydrogen) atoms. The third kappa shape index (κ3) is 2.63. The summed E-state index contributed by atoms with van der Waals surface area (Å²) in [7, 11) is 0. The van der Waals surface area contributed by atoms with Crippen molar-refractivity contribution in [3.63, 3.8) is 0 Å². The maximum absolute atomic E-state index is 11.4. The summed E-state index contributed by atoms with van der Waals surface area (Å²) in [6.07, 6.45) is 1.98. The average molecular weight is 281 g/mol. The van der Waals surface area contributed by atoms with E-state index in [-0.39, 0.29) is 10.6 Å². The fraction of sp³-hybridized carbons (Fsp3) is 0.769. The second-order valence-electron chi connectivity index (χ2n) is 5.17. The topological polar surface area (TPSA) is 76.2 Å². The molecular formula is C13H23N5O2. The molecule has 1 atom stereocenters. The van der Waals surface area contributed by atoms with Gasteiger partial charge in [0.05, 0.1) is 4.92 Å². The van der Waals surface area contributed by atoms with Crippen molar-refractivity contribution >= 4 is 11.5 Å². The molecule has 1 N–H and O–H groups in total. The monoisotopic (exact) mass is 281 g/mol. The number of aromatic nitrogens is 2. The van der Waals surface area contributed by atoms with Gasteiger partial charge in [0.1, 0.15) is 5.69 Å². The van der Waals surface area contributed by atoms with Crippen LogP contribution in [0.25, 0.3) is 0 Å². The molecule has 7 nitrogen and oxygen atoms in total. The van der Waals surface area contributed by atoms with Crippen LogP contribution in [-0.4, -0.2) is 40.4 Å². The van der Waals surface area contributed by atoms with Gasteiger partial charge in [0, 0.05) is 25.7 Å². The van der Waals surface area contributed by atoms with E-state index >= 15 is 0 Å². The van der Waals surface area contributed by atoms with E-state index in [9.17, 15) is 10.1 Å². The van der Waals surface area contributed by atoms with Gasteiger partial charge in [-0.2, -0.15) is 5.10 Å². The van der Waals surface area contributed by atoms with Crippen LogP contribution in [0, 0.1) is 17.0 Å². The molecule has 0 aromatic carbocycles. The van der Waals surface area contributed by atoms with Crippen molar-refractivity contribution in [3.05, 3.63) is 15.8 Å². The summed E-state index contributed by atoms with van der Waals surface area (Å²) in [6.45, 7) is 9.09. The van der Waals surface area contributed by atoms with E-state index in [1.54, 1.807) is 11.6 Å². The lowest BCUT2D eigenvalue weighted by Gasteiger charge is -2.29. The summed E-state index contributed by atoms with van der Waals surface area (Å²) >= 11 is 0. The summed E-state index contributed by atoms with van der Waals surface area (Å²) in [5.74, 6) is 0.672. The number of nitrogens with zero attached hydrogens (tertiary/aromatic N) is 4. The fourth-order valence-corrected chi connectivity index (χ4v) is 2.89. The molecule has 1 unspecified atom stereocenters. The third-order valence-electron chi connectivity index (χ3n) is 3.76. The second kappa shape index (κ2) is 6.21. The first-order valence-corrected chi connectivity index (χ1v) is 7.29. The Bertz CT molecular complexity index is 479. The van der Waals surface area contributed by atoms with Crippen molar-refractivity contribution in [3.8, 4) is 0 Å². The predicted molar refractivity (Wildman–Crippen MR) is 78.2 cm³/mol. The minimum Gasteiger partial charge on any atom is -0.347 e. The van der Waals surface area contributed by atoms with Crippen LogP contribution in [0.3, 0.4) is 0 Å². The molecule has 0 radical (unpaired) electrons. The molecule has 0 aliphatic carbocycles. The van der Waals surface area contributed by atoms with E-state index in [1.165, 1.54) is 0 Å². The molecular weight excluding hydrogens is 258 g/mol. The zero-order valence-electron chi connectivity index (χ0n) is 12.4. The van der Waals surface area contributed by atoms with Gasteiger partial charge < -0.3 is 10.2 Å². The normalized spacial score (nSPS) is 18.4. The number of hydrogen-bond acceptors (Lipinski definition) is 5. The van der Waals surface area contributed by atoms with Gasteiger partial charge in [-0.1, -0.05) is 6.92 Å². The SMILES string of the molecule is CCCN(c1c([N+](=O)[O-])c(C)nn1CC)C1CCNC1. The van der Waals surface area contributed by atoms with Gasteiger partial charge in [0.25, 0.3) is 0 Å². The molecule has 7 heteroatoms. The molecule has 1 aromatic heterocycles. The Kier molecular flexibility index (Phi) is 4.59. The van der Waals surface area contributed by atoms with Crippen molar-refractivity contribution in [1.29, 1.82) is 0 Å². The molecule has 0 bridgehead atoms. The van der Waals surface area contributed by atoms with Crippen molar-refractivity contribution in [2.24, 2.45) is 0 Å². The lowest BCUT2D eigenvalue weighted by Crippen LogP contribution is -2.39. The van der Waals surface area contributed by atoms with Gasteiger partial charge in [0.2, 0.25) is 5.82 Å². The van der Waals surface area contributed by atoms with Gasteiger partial charge in [-0.15, -0.1) is 0 Å². The molecule has 1 saturated heterocycles. The van der Waals surface area contributed by atoms with Crippen LogP contribution in [0.5, 0.6) is 0 Å². The first-order valence-electron chi connectivity index (χ1n) is 7.29. The molecule has 0 saturated carbocycles. The Morgan fingerprint density at radius 1 is 1.55 bits per heavy atom. The Morgan fingerprint density at radius 3 is 2.80 bits per heavy atom. The number of rotatable bonds is 6. The summed E-state index contributed by atoms with van der Waals surface area (Å²) < 4.78 is 1.77. The maximum Gasteiger partial charge on any atom is 0.333 e. The second-order valence-corrected chi connectivity index (χ2v) is 5.17. The van der Waals surface area contributed by atoms with E-state index in [0.717, 1.165) is 32.5 Å². The van der Waals surface area contributed by atoms with E-state index in [0.29, 0.717) is 24.1 Å². The van der Waals surface area contributed by atoms with Gasteiger partial charge in [-0.05, 0) is 33.2 Å². The van der Waals surface area contributed by atoms with Crippen LogP contribution in [0.2, 0.25) is 0 Å². The molecule has 1 aromatic rings. The number of hydrogen-bond donors (Lipinski definition) is 1.